The molecule has 1 saturated heterocycles. The number of aryl methyl sites for hydroxylation is 1. The Hall–Kier alpha value is -1.45. The van der Waals surface area contributed by atoms with Gasteiger partial charge in [0.2, 0.25) is 5.91 Å². The molecular formula is C15H22N4O3S2. The second-order valence-corrected chi connectivity index (χ2v) is 9.39. The lowest BCUT2D eigenvalue weighted by Gasteiger charge is -2.22. The number of amides is 1. The van der Waals surface area contributed by atoms with Crippen LogP contribution in [0.15, 0.2) is 11.6 Å². The first kappa shape index (κ1) is 17.4. The molecule has 0 aromatic carbocycles. The smallest absolute Gasteiger partial charge is 0.221 e. The van der Waals surface area contributed by atoms with Gasteiger partial charge in [-0.15, -0.1) is 11.3 Å². The Morgan fingerprint density at radius 2 is 2.33 bits per heavy atom. The molecule has 2 aromatic heterocycles. The molecule has 0 saturated carbocycles. The van der Waals surface area contributed by atoms with Crippen molar-refractivity contribution in [1.82, 2.24) is 19.6 Å². The van der Waals surface area contributed by atoms with E-state index in [9.17, 15) is 13.2 Å². The number of fused-ring (bicyclic) bond motifs is 1. The number of aromatic nitrogens is 2. The van der Waals surface area contributed by atoms with Crippen molar-refractivity contribution in [1.29, 1.82) is 0 Å². The van der Waals surface area contributed by atoms with Crippen LogP contribution >= 0.6 is 11.3 Å². The summed E-state index contributed by atoms with van der Waals surface area (Å²) in [5, 5.41) is 4.92. The fourth-order valence-electron chi connectivity index (χ4n) is 2.89. The van der Waals surface area contributed by atoms with Gasteiger partial charge in [0.05, 0.1) is 23.7 Å². The minimum Gasteiger partial charge on any atom is -0.350 e. The standard InChI is InChI=1S/C15H22N4O3S2/c1-11-9-23-15-17-12(8-19(11)15)7-16-14(20)3-5-18(2)13-4-6-24(21,22)10-13/h8-9,13H,3-7,10H2,1-2H3,(H,16,20). The van der Waals surface area contributed by atoms with E-state index in [1.165, 1.54) is 0 Å². The summed E-state index contributed by atoms with van der Waals surface area (Å²) in [6.07, 6.45) is 2.95. The van der Waals surface area contributed by atoms with Crippen LogP contribution in [0.4, 0.5) is 0 Å². The molecular weight excluding hydrogens is 348 g/mol. The lowest BCUT2D eigenvalue weighted by molar-refractivity contribution is -0.121. The van der Waals surface area contributed by atoms with Crippen molar-refractivity contribution in [3.05, 3.63) is 23.0 Å². The molecule has 0 aliphatic carbocycles. The zero-order valence-electron chi connectivity index (χ0n) is 13.9. The molecule has 3 heterocycles. The van der Waals surface area contributed by atoms with E-state index in [1.54, 1.807) is 11.3 Å². The molecule has 2 aromatic rings. The molecule has 1 unspecified atom stereocenters. The number of sulfone groups is 1. The van der Waals surface area contributed by atoms with Crippen LogP contribution in [-0.4, -0.2) is 59.7 Å². The maximum Gasteiger partial charge on any atom is 0.221 e. The Morgan fingerprint density at radius 3 is 3.00 bits per heavy atom. The third-order valence-corrected chi connectivity index (χ3v) is 7.14. The Kier molecular flexibility index (Phi) is 4.93. The van der Waals surface area contributed by atoms with Crippen LogP contribution in [-0.2, 0) is 21.2 Å². The number of rotatable bonds is 6. The number of carbonyl (C=O) groups is 1. The lowest BCUT2D eigenvalue weighted by atomic mass is 10.2. The highest BCUT2D eigenvalue weighted by molar-refractivity contribution is 7.91. The van der Waals surface area contributed by atoms with Crippen molar-refractivity contribution < 1.29 is 13.2 Å². The molecule has 0 radical (unpaired) electrons. The average molecular weight is 371 g/mol. The number of nitrogens with zero attached hydrogens (tertiary/aromatic N) is 3. The van der Waals surface area contributed by atoms with Gasteiger partial charge in [-0.05, 0) is 20.4 Å². The molecule has 0 spiro atoms. The first-order chi connectivity index (χ1) is 11.3. The van der Waals surface area contributed by atoms with Crippen molar-refractivity contribution in [2.24, 2.45) is 0 Å². The van der Waals surface area contributed by atoms with Gasteiger partial charge >= 0.3 is 0 Å². The molecule has 132 valence electrons. The summed E-state index contributed by atoms with van der Waals surface area (Å²) >= 11 is 1.58. The summed E-state index contributed by atoms with van der Waals surface area (Å²) in [5.74, 6) is 0.414. The number of imidazole rings is 1. The van der Waals surface area contributed by atoms with Crippen LogP contribution in [0.5, 0.6) is 0 Å². The van der Waals surface area contributed by atoms with Gasteiger partial charge < -0.3 is 10.2 Å². The normalized spacial score (nSPS) is 20.0. The van der Waals surface area contributed by atoms with Gasteiger partial charge in [0.1, 0.15) is 0 Å². The Labute approximate surface area is 145 Å². The SMILES string of the molecule is Cc1csc2nc(CNC(=O)CCN(C)C3CCS(=O)(=O)C3)cn12. The van der Waals surface area contributed by atoms with Gasteiger partial charge in [0, 0.05) is 36.3 Å². The van der Waals surface area contributed by atoms with Gasteiger partial charge in [-0.25, -0.2) is 13.4 Å². The van der Waals surface area contributed by atoms with Gasteiger partial charge in [-0.3, -0.25) is 9.20 Å². The topological polar surface area (TPSA) is 83.8 Å². The molecule has 3 rings (SSSR count). The quantitative estimate of drug-likeness (QED) is 0.814. The first-order valence-electron chi connectivity index (χ1n) is 7.93. The minimum absolute atomic E-state index is 0.0331. The summed E-state index contributed by atoms with van der Waals surface area (Å²) in [4.78, 5) is 19.4. The maximum absolute atomic E-state index is 12.0. The Balaban J connectivity index is 1.44. The van der Waals surface area contributed by atoms with Crippen LogP contribution in [0.1, 0.15) is 24.2 Å². The average Bonchev–Trinajstić information content (AvgIpc) is 3.19. The molecule has 1 aliphatic rings. The number of thiazole rings is 1. The molecule has 0 bridgehead atoms. The first-order valence-corrected chi connectivity index (χ1v) is 10.6. The maximum atomic E-state index is 12.0. The van der Waals surface area contributed by atoms with Crippen molar-refractivity contribution in [3.63, 3.8) is 0 Å². The number of hydrogen-bond acceptors (Lipinski definition) is 6. The predicted octanol–water partition coefficient (Wildman–Crippen LogP) is 0.829. The predicted molar refractivity (Wildman–Crippen MR) is 94.0 cm³/mol. The van der Waals surface area contributed by atoms with Crippen LogP contribution in [0.25, 0.3) is 4.96 Å². The third kappa shape index (κ3) is 3.96. The molecule has 24 heavy (non-hydrogen) atoms. The zero-order chi connectivity index (χ0) is 17.3. The summed E-state index contributed by atoms with van der Waals surface area (Å²) in [6.45, 7) is 2.99. The van der Waals surface area contributed by atoms with Crippen LogP contribution in [0.2, 0.25) is 0 Å². The van der Waals surface area contributed by atoms with E-state index in [1.807, 2.05) is 34.8 Å². The summed E-state index contributed by atoms with van der Waals surface area (Å²) in [6, 6.07) is 0.0331. The molecule has 1 aliphatic heterocycles. The summed E-state index contributed by atoms with van der Waals surface area (Å²) in [7, 11) is -1.01. The molecule has 1 atom stereocenters. The third-order valence-electron chi connectivity index (χ3n) is 4.43. The van der Waals surface area contributed by atoms with Crippen LogP contribution in [0, 0.1) is 6.92 Å². The Bertz CT molecular complexity index is 840. The van der Waals surface area contributed by atoms with Gasteiger partial charge in [-0.1, -0.05) is 0 Å². The largest absolute Gasteiger partial charge is 0.350 e. The van der Waals surface area contributed by atoms with E-state index < -0.39 is 9.84 Å². The minimum atomic E-state index is -2.89. The number of hydrogen-bond donors (Lipinski definition) is 1. The van der Waals surface area contributed by atoms with E-state index in [4.69, 9.17) is 0 Å². The zero-order valence-corrected chi connectivity index (χ0v) is 15.5. The van der Waals surface area contributed by atoms with E-state index in [0.717, 1.165) is 16.3 Å². The lowest BCUT2D eigenvalue weighted by Crippen LogP contribution is -2.36. The second-order valence-electron chi connectivity index (χ2n) is 6.33. The van der Waals surface area contributed by atoms with Gasteiger partial charge in [0.15, 0.2) is 14.8 Å². The van der Waals surface area contributed by atoms with Crippen molar-refractivity contribution in [2.45, 2.75) is 32.4 Å². The van der Waals surface area contributed by atoms with E-state index in [2.05, 4.69) is 10.3 Å². The molecule has 9 heteroatoms. The van der Waals surface area contributed by atoms with Crippen molar-refractivity contribution in [2.75, 3.05) is 25.1 Å². The highest BCUT2D eigenvalue weighted by atomic mass is 32.2. The molecule has 1 fully saturated rings. The highest BCUT2D eigenvalue weighted by Gasteiger charge is 2.30. The van der Waals surface area contributed by atoms with E-state index in [-0.39, 0.29) is 23.5 Å². The van der Waals surface area contributed by atoms with E-state index in [0.29, 0.717) is 25.9 Å². The van der Waals surface area contributed by atoms with Crippen molar-refractivity contribution >= 4 is 32.0 Å². The number of carbonyl (C=O) groups excluding carboxylic acids is 1. The van der Waals surface area contributed by atoms with Gasteiger partial charge in [-0.2, -0.15) is 0 Å². The van der Waals surface area contributed by atoms with Gasteiger partial charge in [0.25, 0.3) is 0 Å². The van der Waals surface area contributed by atoms with Crippen LogP contribution in [0.3, 0.4) is 0 Å². The molecule has 1 amide bonds. The highest BCUT2D eigenvalue weighted by Crippen LogP contribution is 2.17. The molecule has 7 nitrogen and oxygen atoms in total. The Morgan fingerprint density at radius 1 is 1.54 bits per heavy atom. The fraction of sp³-hybridized carbons (Fsp3) is 0.600. The number of nitrogens with one attached hydrogen (secondary N) is 1. The van der Waals surface area contributed by atoms with Crippen molar-refractivity contribution in [3.8, 4) is 0 Å². The second kappa shape index (κ2) is 6.81. The van der Waals surface area contributed by atoms with E-state index >= 15 is 0 Å². The summed E-state index contributed by atoms with van der Waals surface area (Å²) < 4.78 is 25.0. The fourth-order valence-corrected chi connectivity index (χ4v) is 5.56. The molecule has 1 N–H and O–H groups in total. The summed E-state index contributed by atoms with van der Waals surface area (Å²) in [5.41, 5.74) is 1.97. The monoisotopic (exact) mass is 370 g/mol. The van der Waals surface area contributed by atoms with Crippen LogP contribution < -0.4 is 5.32 Å².